The van der Waals surface area contributed by atoms with Gasteiger partial charge in [0.25, 0.3) is 0 Å². The summed E-state index contributed by atoms with van der Waals surface area (Å²) in [5.41, 5.74) is 2.42. The summed E-state index contributed by atoms with van der Waals surface area (Å²) >= 11 is 2.32. The SMILES string of the molecule is CNC(Cc1ccccn1)c1ccc(I)cc1. The van der Waals surface area contributed by atoms with Gasteiger partial charge in [0.05, 0.1) is 0 Å². The normalized spacial score (nSPS) is 12.4. The minimum Gasteiger partial charge on any atom is -0.313 e. The molecule has 2 aromatic rings. The Morgan fingerprint density at radius 2 is 1.94 bits per heavy atom. The van der Waals surface area contributed by atoms with Crippen molar-refractivity contribution >= 4 is 22.6 Å². The molecular weight excluding hydrogens is 323 g/mol. The van der Waals surface area contributed by atoms with Crippen molar-refractivity contribution in [2.75, 3.05) is 7.05 Å². The lowest BCUT2D eigenvalue weighted by Crippen LogP contribution is -2.19. The minimum atomic E-state index is 0.321. The first kappa shape index (κ1) is 12.5. The molecule has 0 aliphatic heterocycles. The lowest BCUT2D eigenvalue weighted by atomic mass is 10.0. The summed E-state index contributed by atoms with van der Waals surface area (Å²) in [5, 5.41) is 3.34. The third-order valence-electron chi connectivity index (χ3n) is 2.76. The van der Waals surface area contributed by atoms with Crippen LogP contribution in [-0.4, -0.2) is 12.0 Å². The van der Waals surface area contributed by atoms with Crippen molar-refractivity contribution in [3.8, 4) is 0 Å². The second kappa shape index (κ2) is 6.12. The van der Waals surface area contributed by atoms with Crippen molar-refractivity contribution in [3.05, 3.63) is 63.5 Å². The summed E-state index contributed by atoms with van der Waals surface area (Å²) in [6, 6.07) is 15.0. The highest BCUT2D eigenvalue weighted by Crippen LogP contribution is 2.18. The van der Waals surface area contributed by atoms with Crippen LogP contribution >= 0.6 is 22.6 Å². The maximum atomic E-state index is 4.37. The highest BCUT2D eigenvalue weighted by Gasteiger charge is 2.10. The number of nitrogens with one attached hydrogen (secondary N) is 1. The summed E-state index contributed by atoms with van der Waals surface area (Å²) in [5.74, 6) is 0. The van der Waals surface area contributed by atoms with Crippen LogP contribution in [0.5, 0.6) is 0 Å². The number of halogens is 1. The minimum absolute atomic E-state index is 0.321. The Balaban J connectivity index is 2.14. The fourth-order valence-corrected chi connectivity index (χ4v) is 2.17. The predicted molar refractivity (Wildman–Crippen MR) is 78.9 cm³/mol. The first-order valence-electron chi connectivity index (χ1n) is 5.62. The van der Waals surface area contributed by atoms with Crippen LogP contribution in [0.4, 0.5) is 0 Å². The summed E-state index contributed by atoms with van der Waals surface area (Å²) in [6.45, 7) is 0. The van der Waals surface area contributed by atoms with Gasteiger partial charge in [-0.15, -0.1) is 0 Å². The number of benzene rings is 1. The van der Waals surface area contributed by atoms with Crippen molar-refractivity contribution in [3.63, 3.8) is 0 Å². The zero-order valence-electron chi connectivity index (χ0n) is 9.73. The van der Waals surface area contributed by atoms with E-state index in [-0.39, 0.29) is 0 Å². The molecule has 0 spiro atoms. The van der Waals surface area contributed by atoms with Gasteiger partial charge in [0.15, 0.2) is 0 Å². The smallest absolute Gasteiger partial charge is 0.0422 e. The summed E-state index contributed by atoms with van der Waals surface area (Å²) in [7, 11) is 1.99. The van der Waals surface area contributed by atoms with Gasteiger partial charge in [0.2, 0.25) is 0 Å². The quantitative estimate of drug-likeness (QED) is 0.866. The molecule has 1 unspecified atom stereocenters. The molecule has 88 valence electrons. The lowest BCUT2D eigenvalue weighted by molar-refractivity contribution is 0.584. The molecule has 0 aliphatic rings. The molecular formula is C14H15IN2. The van der Waals surface area contributed by atoms with Gasteiger partial charge >= 0.3 is 0 Å². The second-order valence-electron chi connectivity index (χ2n) is 3.92. The molecule has 0 saturated carbocycles. The summed E-state index contributed by atoms with van der Waals surface area (Å²) < 4.78 is 1.26. The molecule has 0 aliphatic carbocycles. The van der Waals surface area contributed by atoms with Crippen molar-refractivity contribution in [2.24, 2.45) is 0 Å². The number of aromatic nitrogens is 1. The van der Waals surface area contributed by atoms with Crippen LogP contribution in [0.15, 0.2) is 48.7 Å². The number of likely N-dealkylation sites (N-methyl/N-ethyl adjacent to an activating group) is 1. The van der Waals surface area contributed by atoms with Gasteiger partial charge in [-0.05, 0) is 59.5 Å². The monoisotopic (exact) mass is 338 g/mol. The highest BCUT2D eigenvalue weighted by atomic mass is 127. The standard InChI is InChI=1S/C14H15IN2/c1-16-14(10-13-4-2-3-9-17-13)11-5-7-12(15)8-6-11/h2-9,14,16H,10H2,1H3. The van der Waals surface area contributed by atoms with Crippen LogP contribution in [0.1, 0.15) is 17.3 Å². The van der Waals surface area contributed by atoms with E-state index in [1.54, 1.807) is 0 Å². The Morgan fingerprint density at radius 3 is 2.53 bits per heavy atom. The zero-order chi connectivity index (χ0) is 12.1. The van der Waals surface area contributed by atoms with Crippen molar-refractivity contribution in [1.29, 1.82) is 0 Å². The van der Waals surface area contributed by atoms with Gasteiger partial charge < -0.3 is 5.32 Å². The van der Waals surface area contributed by atoms with E-state index in [0.717, 1.165) is 12.1 Å². The van der Waals surface area contributed by atoms with E-state index in [4.69, 9.17) is 0 Å². The average molecular weight is 338 g/mol. The third kappa shape index (κ3) is 3.51. The number of rotatable bonds is 4. The Morgan fingerprint density at radius 1 is 1.18 bits per heavy atom. The number of hydrogen-bond donors (Lipinski definition) is 1. The molecule has 0 amide bonds. The zero-order valence-corrected chi connectivity index (χ0v) is 11.9. The first-order valence-corrected chi connectivity index (χ1v) is 6.70. The lowest BCUT2D eigenvalue weighted by Gasteiger charge is -2.16. The van der Waals surface area contributed by atoms with Crippen LogP contribution < -0.4 is 5.32 Å². The van der Waals surface area contributed by atoms with Crippen LogP contribution in [0.3, 0.4) is 0 Å². The van der Waals surface area contributed by atoms with Gasteiger partial charge in [-0.25, -0.2) is 0 Å². The van der Waals surface area contributed by atoms with E-state index in [9.17, 15) is 0 Å². The molecule has 2 rings (SSSR count). The van der Waals surface area contributed by atoms with Crippen LogP contribution in [0, 0.1) is 3.57 Å². The Labute approximate surface area is 116 Å². The largest absolute Gasteiger partial charge is 0.313 e. The van der Waals surface area contributed by atoms with E-state index >= 15 is 0 Å². The van der Waals surface area contributed by atoms with E-state index < -0.39 is 0 Å². The molecule has 1 N–H and O–H groups in total. The fourth-order valence-electron chi connectivity index (χ4n) is 1.81. The topological polar surface area (TPSA) is 24.9 Å². The third-order valence-corrected chi connectivity index (χ3v) is 3.48. The first-order chi connectivity index (χ1) is 8.29. The van der Waals surface area contributed by atoms with Crippen molar-refractivity contribution in [1.82, 2.24) is 10.3 Å². The van der Waals surface area contributed by atoms with Crippen LogP contribution in [0.2, 0.25) is 0 Å². The molecule has 1 atom stereocenters. The van der Waals surface area contributed by atoms with Gasteiger partial charge in [0, 0.05) is 27.9 Å². The van der Waals surface area contributed by atoms with E-state index in [2.05, 4.69) is 63.2 Å². The molecule has 0 fully saturated rings. The summed E-state index contributed by atoms with van der Waals surface area (Å²) in [4.78, 5) is 4.37. The molecule has 3 heteroatoms. The molecule has 2 nitrogen and oxygen atoms in total. The summed E-state index contributed by atoms with van der Waals surface area (Å²) in [6.07, 6.45) is 2.76. The van der Waals surface area contributed by atoms with Crippen LogP contribution in [0.25, 0.3) is 0 Å². The number of hydrogen-bond acceptors (Lipinski definition) is 2. The van der Waals surface area contributed by atoms with E-state index in [1.807, 2.05) is 25.4 Å². The van der Waals surface area contributed by atoms with Crippen LogP contribution in [-0.2, 0) is 6.42 Å². The maximum absolute atomic E-state index is 4.37. The molecule has 0 saturated heterocycles. The molecule has 1 aromatic carbocycles. The Hall–Kier alpha value is -0.940. The van der Waals surface area contributed by atoms with Crippen molar-refractivity contribution < 1.29 is 0 Å². The fraction of sp³-hybridized carbons (Fsp3) is 0.214. The average Bonchev–Trinajstić information content (AvgIpc) is 2.38. The van der Waals surface area contributed by atoms with Gasteiger partial charge in [-0.2, -0.15) is 0 Å². The Kier molecular flexibility index (Phi) is 4.50. The second-order valence-corrected chi connectivity index (χ2v) is 5.16. The van der Waals surface area contributed by atoms with Gasteiger partial charge in [-0.1, -0.05) is 18.2 Å². The predicted octanol–water partition coefficient (Wildman–Crippen LogP) is 3.19. The van der Waals surface area contributed by atoms with E-state index in [0.29, 0.717) is 6.04 Å². The van der Waals surface area contributed by atoms with Gasteiger partial charge in [-0.3, -0.25) is 4.98 Å². The van der Waals surface area contributed by atoms with Gasteiger partial charge in [0.1, 0.15) is 0 Å². The molecule has 1 heterocycles. The maximum Gasteiger partial charge on any atom is 0.0422 e. The highest BCUT2D eigenvalue weighted by molar-refractivity contribution is 14.1. The Bertz CT molecular complexity index is 453. The molecule has 0 bridgehead atoms. The molecule has 17 heavy (non-hydrogen) atoms. The number of nitrogens with zero attached hydrogens (tertiary/aromatic N) is 1. The number of pyridine rings is 1. The van der Waals surface area contributed by atoms with E-state index in [1.165, 1.54) is 9.13 Å². The molecule has 1 aromatic heterocycles. The molecule has 0 radical (unpaired) electrons. The van der Waals surface area contributed by atoms with Crippen molar-refractivity contribution in [2.45, 2.75) is 12.5 Å².